The second-order valence-corrected chi connectivity index (χ2v) is 5.58. The molecule has 5 heteroatoms. The van der Waals surface area contributed by atoms with Gasteiger partial charge in [0.1, 0.15) is 5.82 Å². The van der Waals surface area contributed by atoms with Gasteiger partial charge in [0.05, 0.1) is 6.54 Å². The third kappa shape index (κ3) is 3.38. The van der Waals surface area contributed by atoms with Crippen LogP contribution in [0, 0.1) is 12.7 Å². The maximum absolute atomic E-state index is 13.4. The number of nitrogens with two attached hydrogens (primary N) is 1. The van der Waals surface area contributed by atoms with Crippen LogP contribution in [0.2, 0.25) is 0 Å². The molecule has 1 aromatic carbocycles. The van der Waals surface area contributed by atoms with Crippen molar-refractivity contribution < 1.29 is 4.39 Å². The predicted molar refractivity (Wildman–Crippen MR) is 75.4 cm³/mol. The standard InChI is InChI=1S/C13H18FN3S/c1-10-2-3-11(8-12(10)14)9-16-13(15)17-4-6-18-7-5-17/h2-3,8H,4-7,9H2,1H3,(H2,15,16). The van der Waals surface area contributed by atoms with Crippen molar-refractivity contribution in [3.63, 3.8) is 0 Å². The summed E-state index contributed by atoms with van der Waals surface area (Å²) in [4.78, 5) is 6.42. The first kappa shape index (κ1) is 13.2. The predicted octanol–water partition coefficient (Wildman–Crippen LogP) is 2.00. The van der Waals surface area contributed by atoms with E-state index in [0.717, 1.165) is 30.2 Å². The quantitative estimate of drug-likeness (QED) is 0.658. The number of rotatable bonds is 2. The van der Waals surface area contributed by atoms with Crippen LogP contribution in [-0.4, -0.2) is 35.5 Å². The summed E-state index contributed by atoms with van der Waals surface area (Å²) in [6.07, 6.45) is 0. The SMILES string of the molecule is Cc1ccc(CN=C(N)N2CCSCC2)cc1F. The molecule has 0 aromatic heterocycles. The number of aryl methyl sites for hydroxylation is 1. The van der Waals surface area contributed by atoms with E-state index in [-0.39, 0.29) is 5.82 Å². The first-order chi connectivity index (χ1) is 8.66. The maximum Gasteiger partial charge on any atom is 0.191 e. The molecule has 0 unspecified atom stereocenters. The summed E-state index contributed by atoms with van der Waals surface area (Å²) in [5.74, 6) is 2.57. The Balaban J connectivity index is 1.98. The molecule has 0 aliphatic carbocycles. The molecular formula is C13H18FN3S. The first-order valence-electron chi connectivity index (χ1n) is 6.04. The third-order valence-corrected chi connectivity index (χ3v) is 3.94. The van der Waals surface area contributed by atoms with Gasteiger partial charge in [-0.25, -0.2) is 9.38 Å². The van der Waals surface area contributed by atoms with Gasteiger partial charge in [-0.1, -0.05) is 12.1 Å². The molecule has 18 heavy (non-hydrogen) atoms. The Bertz CT molecular complexity index is 442. The highest BCUT2D eigenvalue weighted by atomic mass is 32.2. The molecule has 0 atom stereocenters. The van der Waals surface area contributed by atoms with Gasteiger partial charge >= 0.3 is 0 Å². The lowest BCUT2D eigenvalue weighted by Crippen LogP contribution is -2.42. The van der Waals surface area contributed by atoms with Crippen molar-refractivity contribution in [1.82, 2.24) is 4.90 Å². The Morgan fingerprint density at radius 1 is 1.44 bits per heavy atom. The summed E-state index contributed by atoms with van der Waals surface area (Å²) in [5, 5.41) is 0. The molecule has 0 amide bonds. The lowest BCUT2D eigenvalue weighted by atomic mass is 10.1. The molecule has 1 fully saturated rings. The third-order valence-electron chi connectivity index (χ3n) is 2.99. The van der Waals surface area contributed by atoms with Crippen molar-refractivity contribution in [1.29, 1.82) is 0 Å². The van der Waals surface area contributed by atoms with Gasteiger partial charge in [-0.2, -0.15) is 11.8 Å². The van der Waals surface area contributed by atoms with Crippen LogP contribution >= 0.6 is 11.8 Å². The topological polar surface area (TPSA) is 41.6 Å². The normalized spacial score (nSPS) is 17.0. The Labute approximate surface area is 111 Å². The minimum atomic E-state index is -0.185. The van der Waals surface area contributed by atoms with Gasteiger partial charge in [-0.3, -0.25) is 0 Å². The largest absolute Gasteiger partial charge is 0.370 e. The number of guanidine groups is 1. The molecule has 1 aliphatic heterocycles. The fourth-order valence-electron chi connectivity index (χ4n) is 1.80. The van der Waals surface area contributed by atoms with E-state index in [1.54, 1.807) is 13.0 Å². The molecule has 1 aliphatic rings. The Morgan fingerprint density at radius 2 is 2.17 bits per heavy atom. The Morgan fingerprint density at radius 3 is 2.83 bits per heavy atom. The van der Waals surface area contributed by atoms with E-state index in [0.29, 0.717) is 18.1 Å². The minimum Gasteiger partial charge on any atom is -0.370 e. The summed E-state index contributed by atoms with van der Waals surface area (Å²) in [7, 11) is 0. The Kier molecular flexibility index (Phi) is 4.47. The Hall–Kier alpha value is -1.23. The smallest absolute Gasteiger partial charge is 0.191 e. The van der Waals surface area contributed by atoms with Crippen molar-refractivity contribution >= 4 is 17.7 Å². The van der Waals surface area contributed by atoms with Gasteiger partial charge in [0.15, 0.2) is 5.96 Å². The molecule has 1 heterocycles. The number of thioether (sulfide) groups is 1. The number of hydrogen-bond donors (Lipinski definition) is 1. The lowest BCUT2D eigenvalue weighted by molar-refractivity contribution is 0.455. The van der Waals surface area contributed by atoms with Gasteiger partial charge in [0, 0.05) is 24.6 Å². The highest BCUT2D eigenvalue weighted by molar-refractivity contribution is 7.99. The van der Waals surface area contributed by atoms with E-state index in [9.17, 15) is 4.39 Å². The van der Waals surface area contributed by atoms with E-state index in [1.165, 1.54) is 6.07 Å². The fraction of sp³-hybridized carbons (Fsp3) is 0.462. The van der Waals surface area contributed by atoms with Crippen LogP contribution in [0.25, 0.3) is 0 Å². The molecular weight excluding hydrogens is 249 g/mol. The van der Waals surface area contributed by atoms with Crippen LogP contribution < -0.4 is 5.73 Å². The second-order valence-electron chi connectivity index (χ2n) is 4.36. The zero-order valence-electron chi connectivity index (χ0n) is 10.5. The van der Waals surface area contributed by atoms with Crippen molar-refractivity contribution in [2.24, 2.45) is 10.7 Å². The molecule has 0 spiro atoms. The van der Waals surface area contributed by atoms with Crippen molar-refractivity contribution in [3.8, 4) is 0 Å². The molecule has 2 N–H and O–H groups in total. The maximum atomic E-state index is 13.4. The molecule has 2 rings (SSSR count). The van der Waals surface area contributed by atoms with Crippen LogP contribution in [0.3, 0.4) is 0 Å². The summed E-state index contributed by atoms with van der Waals surface area (Å²) < 4.78 is 13.4. The van der Waals surface area contributed by atoms with Gasteiger partial charge in [-0.05, 0) is 24.1 Å². The zero-order chi connectivity index (χ0) is 13.0. The van der Waals surface area contributed by atoms with Gasteiger partial charge in [0.2, 0.25) is 0 Å². The number of aliphatic imine (C=N–C) groups is 1. The number of benzene rings is 1. The fourth-order valence-corrected chi connectivity index (χ4v) is 2.70. The van der Waals surface area contributed by atoms with Gasteiger partial charge in [-0.15, -0.1) is 0 Å². The molecule has 3 nitrogen and oxygen atoms in total. The van der Waals surface area contributed by atoms with Crippen LogP contribution in [-0.2, 0) is 6.54 Å². The molecule has 1 saturated heterocycles. The van der Waals surface area contributed by atoms with Crippen molar-refractivity contribution in [3.05, 3.63) is 35.1 Å². The molecule has 0 radical (unpaired) electrons. The van der Waals surface area contributed by atoms with Crippen LogP contribution in [0.15, 0.2) is 23.2 Å². The minimum absolute atomic E-state index is 0.185. The lowest BCUT2D eigenvalue weighted by Gasteiger charge is -2.27. The number of hydrogen-bond acceptors (Lipinski definition) is 2. The van der Waals surface area contributed by atoms with Crippen LogP contribution in [0.5, 0.6) is 0 Å². The molecule has 1 aromatic rings. The average molecular weight is 267 g/mol. The monoisotopic (exact) mass is 267 g/mol. The van der Waals surface area contributed by atoms with Crippen molar-refractivity contribution in [2.75, 3.05) is 24.6 Å². The zero-order valence-corrected chi connectivity index (χ0v) is 11.3. The van der Waals surface area contributed by atoms with E-state index >= 15 is 0 Å². The van der Waals surface area contributed by atoms with E-state index in [4.69, 9.17) is 5.73 Å². The highest BCUT2D eigenvalue weighted by Crippen LogP contribution is 2.11. The van der Waals surface area contributed by atoms with Gasteiger partial charge < -0.3 is 10.6 Å². The average Bonchev–Trinajstić information content (AvgIpc) is 2.41. The molecule has 98 valence electrons. The van der Waals surface area contributed by atoms with Gasteiger partial charge in [0.25, 0.3) is 0 Å². The van der Waals surface area contributed by atoms with Crippen LogP contribution in [0.1, 0.15) is 11.1 Å². The van der Waals surface area contributed by atoms with Crippen molar-refractivity contribution in [2.45, 2.75) is 13.5 Å². The summed E-state index contributed by atoms with van der Waals surface area (Å²) in [5.41, 5.74) is 7.45. The van der Waals surface area contributed by atoms with E-state index < -0.39 is 0 Å². The summed E-state index contributed by atoms with van der Waals surface area (Å²) in [6.45, 7) is 4.08. The first-order valence-corrected chi connectivity index (χ1v) is 7.20. The second kappa shape index (κ2) is 6.09. The van der Waals surface area contributed by atoms with Crippen LogP contribution in [0.4, 0.5) is 4.39 Å². The summed E-state index contributed by atoms with van der Waals surface area (Å²) in [6, 6.07) is 5.19. The number of nitrogens with zero attached hydrogens (tertiary/aromatic N) is 2. The van der Waals surface area contributed by atoms with E-state index in [2.05, 4.69) is 9.89 Å². The molecule has 0 saturated carbocycles. The number of halogens is 1. The van der Waals surface area contributed by atoms with E-state index in [1.807, 2.05) is 17.8 Å². The highest BCUT2D eigenvalue weighted by Gasteiger charge is 2.11. The molecule has 0 bridgehead atoms. The summed E-state index contributed by atoms with van der Waals surface area (Å²) >= 11 is 1.93.